The molecule has 1 aromatic heterocycles. The third-order valence-electron chi connectivity index (χ3n) is 6.04. The summed E-state index contributed by atoms with van der Waals surface area (Å²) in [6.45, 7) is 9.61. The molecule has 8 heteroatoms. The molecule has 2 amide bonds. The van der Waals surface area contributed by atoms with E-state index in [2.05, 4.69) is 46.7 Å². The summed E-state index contributed by atoms with van der Waals surface area (Å²) >= 11 is 0. The van der Waals surface area contributed by atoms with Gasteiger partial charge in [-0.15, -0.1) is 0 Å². The van der Waals surface area contributed by atoms with Crippen LogP contribution in [0.2, 0.25) is 0 Å². The van der Waals surface area contributed by atoms with Crippen LogP contribution in [-0.2, 0) is 20.9 Å². The van der Waals surface area contributed by atoms with E-state index in [4.69, 9.17) is 4.74 Å². The van der Waals surface area contributed by atoms with Crippen molar-refractivity contribution in [2.24, 2.45) is 0 Å². The molecule has 1 N–H and O–H groups in total. The number of carbonyl (C=O) groups is 3. The predicted octanol–water partition coefficient (Wildman–Crippen LogP) is 5.43. The molecular formula is C28H35N3O5. The predicted molar refractivity (Wildman–Crippen MR) is 140 cm³/mol. The monoisotopic (exact) mass is 493 g/mol. The first-order chi connectivity index (χ1) is 17.2. The maximum atomic E-state index is 12.8. The second kappa shape index (κ2) is 12.2. The number of carbonyl (C=O) groups excluding carboxylic acids is 3. The van der Waals surface area contributed by atoms with Crippen LogP contribution in [0.1, 0.15) is 49.8 Å². The van der Waals surface area contributed by atoms with Crippen molar-refractivity contribution < 1.29 is 23.9 Å². The zero-order valence-electron chi connectivity index (χ0n) is 21.7. The Morgan fingerprint density at radius 1 is 0.972 bits per heavy atom. The Labute approximate surface area is 212 Å². The lowest BCUT2D eigenvalue weighted by Gasteiger charge is -2.20. The van der Waals surface area contributed by atoms with E-state index in [1.807, 2.05) is 32.2 Å². The summed E-state index contributed by atoms with van der Waals surface area (Å²) in [6, 6.07) is 12.0. The molecule has 3 aromatic rings. The average molecular weight is 494 g/mol. The molecule has 2 aromatic carbocycles. The number of hydrogen-bond acceptors (Lipinski definition) is 5. The number of ether oxygens (including phenoxy) is 2. The highest BCUT2D eigenvalue weighted by Crippen LogP contribution is 2.35. The summed E-state index contributed by atoms with van der Waals surface area (Å²) in [7, 11) is 1.32. The van der Waals surface area contributed by atoms with Crippen molar-refractivity contribution in [2.45, 2.75) is 53.5 Å². The van der Waals surface area contributed by atoms with Gasteiger partial charge in [-0.3, -0.25) is 9.59 Å². The van der Waals surface area contributed by atoms with E-state index in [1.165, 1.54) is 23.8 Å². The Kier molecular flexibility index (Phi) is 9.11. The fourth-order valence-electron chi connectivity index (χ4n) is 4.30. The van der Waals surface area contributed by atoms with Crippen LogP contribution in [0.3, 0.4) is 0 Å². The van der Waals surface area contributed by atoms with Crippen LogP contribution in [0.15, 0.2) is 42.6 Å². The Morgan fingerprint density at radius 2 is 1.67 bits per heavy atom. The highest BCUT2D eigenvalue weighted by molar-refractivity contribution is 6.04. The zero-order valence-corrected chi connectivity index (χ0v) is 21.7. The second-order valence-electron chi connectivity index (χ2n) is 8.83. The van der Waals surface area contributed by atoms with Crippen molar-refractivity contribution in [2.75, 3.05) is 25.5 Å². The molecule has 0 atom stereocenters. The topological polar surface area (TPSA) is 89.9 Å². The van der Waals surface area contributed by atoms with Crippen molar-refractivity contribution in [3.8, 4) is 5.75 Å². The summed E-state index contributed by atoms with van der Waals surface area (Å²) in [6.07, 6.45) is 2.14. The van der Waals surface area contributed by atoms with E-state index in [-0.39, 0.29) is 30.5 Å². The van der Waals surface area contributed by atoms with Crippen molar-refractivity contribution >= 4 is 34.6 Å². The lowest BCUT2D eigenvalue weighted by molar-refractivity contribution is -0.140. The van der Waals surface area contributed by atoms with Crippen LogP contribution in [0.5, 0.6) is 5.75 Å². The van der Waals surface area contributed by atoms with Crippen molar-refractivity contribution in [3.63, 3.8) is 0 Å². The third-order valence-corrected chi connectivity index (χ3v) is 6.04. The SMILES string of the molecule is CCN(CC)C(=O)Oc1ccc2c(ccn2Cc2cc(C)cc(C)c2)c1NC(=O)CCCC(=O)OC. The largest absolute Gasteiger partial charge is 0.469 e. The van der Waals surface area contributed by atoms with Gasteiger partial charge in [-0.2, -0.15) is 0 Å². The van der Waals surface area contributed by atoms with Gasteiger partial charge in [0.1, 0.15) is 0 Å². The molecule has 0 fully saturated rings. The molecule has 192 valence electrons. The summed E-state index contributed by atoms with van der Waals surface area (Å²) in [4.78, 5) is 38.4. The minimum Gasteiger partial charge on any atom is -0.469 e. The van der Waals surface area contributed by atoms with E-state index in [0.29, 0.717) is 31.7 Å². The molecular weight excluding hydrogens is 458 g/mol. The standard InChI is InChI=1S/C28H35N3O5/c1-6-30(7-2)28(34)36-24-12-11-23-22(27(24)29-25(32)9-8-10-26(33)35-5)13-14-31(23)18-21-16-19(3)15-20(4)17-21/h11-17H,6-10,18H2,1-5H3,(H,29,32). The third kappa shape index (κ3) is 6.65. The molecule has 0 aliphatic rings. The van der Waals surface area contributed by atoms with Crippen molar-refractivity contribution in [1.82, 2.24) is 9.47 Å². The Morgan fingerprint density at radius 3 is 2.31 bits per heavy atom. The molecule has 1 heterocycles. The molecule has 0 bridgehead atoms. The van der Waals surface area contributed by atoms with Crippen LogP contribution >= 0.6 is 0 Å². The normalized spacial score (nSPS) is 10.8. The Balaban J connectivity index is 1.93. The Hall–Kier alpha value is -3.81. The first-order valence-electron chi connectivity index (χ1n) is 12.3. The van der Waals surface area contributed by atoms with Gasteiger partial charge in [0.25, 0.3) is 0 Å². The van der Waals surface area contributed by atoms with Gasteiger partial charge in [0.05, 0.1) is 18.3 Å². The number of esters is 1. The van der Waals surface area contributed by atoms with E-state index in [0.717, 1.165) is 10.9 Å². The molecule has 0 unspecified atom stereocenters. The lowest BCUT2D eigenvalue weighted by Crippen LogP contribution is -2.33. The summed E-state index contributed by atoms with van der Waals surface area (Å²) in [5, 5.41) is 3.69. The summed E-state index contributed by atoms with van der Waals surface area (Å²) < 4.78 is 12.5. The van der Waals surface area contributed by atoms with Gasteiger partial charge in [-0.05, 0) is 57.9 Å². The van der Waals surface area contributed by atoms with Gasteiger partial charge in [-0.25, -0.2) is 4.79 Å². The second-order valence-corrected chi connectivity index (χ2v) is 8.83. The first-order valence-corrected chi connectivity index (χ1v) is 12.3. The fraction of sp³-hybridized carbons (Fsp3) is 0.393. The highest BCUT2D eigenvalue weighted by atomic mass is 16.6. The quantitative estimate of drug-likeness (QED) is 0.381. The molecule has 36 heavy (non-hydrogen) atoms. The van der Waals surface area contributed by atoms with E-state index in [9.17, 15) is 14.4 Å². The van der Waals surface area contributed by atoms with Crippen molar-refractivity contribution in [3.05, 3.63) is 59.3 Å². The van der Waals surface area contributed by atoms with E-state index < -0.39 is 6.09 Å². The molecule has 0 aliphatic heterocycles. The minimum absolute atomic E-state index is 0.137. The minimum atomic E-state index is -0.477. The summed E-state index contributed by atoms with van der Waals surface area (Å²) in [5.41, 5.74) is 4.92. The highest BCUT2D eigenvalue weighted by Gasteiger charge is 2.19. The van der Waals surface area contributed by atoms with Gasteiger partial charge in [0, 0.05) is 44.1 Å². The molecule has 0 saturated heterocycles. The number of aryl methyl sites for hydroxylation is 2. The van der Waals surface area contributed by atoms with Crippen LogP contribution < -0.4 is 10.1 Å². The number of aromatic nitrogens is 1. The number of benzene rings is 2. The number of fused-ring (bicyclic) bond motifs is 1. The Bertz CT molecular complexity index is 1220. The number of methoxy groups -OCH3 is 1. The number of anilines is 1. The van der Waals surface area contributed by atoms with Gasteiger partial charge in [0.2, 0.25) is 5.91 Å². The molecule has 0 saturated carbocycles. The fourth-order valence-corrected chi connectivity index (χ4v) is 4.30. The average Bonchev–Trinajstić information content (AvgIpc) is 3.23. The smallest absolute Gasteiger partial charge is 0.415 e. The summed E-state index contributed by atoms with van der Waals surface area (Å²) in [5.74, 6) is -0.347. The molecule has 8 nitrogen and oxygen atoms in total. The van der Waals surface area contributed by atoms with Gasteiger partial charge >= 0.3 is 12.1 Å². The number of hydrogen-bond donors (Lipinski definition) is 1. The van der Waals surface area contributed by atoms with Crippen LogP contribution in [0, 0.1) is 13.8 Å². The number of rotatable bonds is 10. The molecule has 0 radical (unpaired) electrons. The van der Waals surface area contributed by atoms with Crippen LogP contribution in [-0.4, -0.2) is 47.6 Å². The lowest BCUT2D eigenvalue weighted by atomic mass is 10.1. The maximum Gasteiger partial charge on any atom is 0.415 e. The van der Waals surface area contributed by atoms with E-state index >= 15 is 0 Å². The van der Waals surface area contributed by atoms with Crippen LogP contribution in [0.4, 0.5) is 10.5 Å². The maximum absolute atomic E-state index is 12.8. The molecule has 0 spiro atoms. The molecule has 3 rings (SSSR count). The van der Waals surface area contributed by atoms with Gasteiger partial charge in [0.15, 0.2) is 5.75 Å². The van der Waals surface area contributed by atoms with E-state index in [1.54, 1.807) is 11.0 Å². The molecule has 0 aliphatic carbocycles. The van der Waals surface area contributed by atoms with Crippen molar-refractivity contribution in [1.29, 1.82) is 0 Å². The van der Waals surface area contributed by atoms with Crippen LogP contribution in [0.25, 0.3) is 10.9 Å². The zero-order chi connectivity index (χ0) is 26.2. The number of amides is 2. The number of nitrogens with one attached hydrogen (secondary N) is 1. The first kappa shape index (κ1) is 26.8. The van der Waals surface area contributed by atoms with Gasteiger partial charge in [-0.1, -0.05) is 29.3 Å². The number of nitrogens with zero attached hydrogens (tertiary/aromatic N) is 2. The van der Waals surface area contributed by atoms with Gasteiger partial charge < -0.3 is 24.3 Å².